The van der Waals surface area contributed by atoms with Gasteiger partial charge in [0, 0.05) is 29.7 Å². The molecular weight excluding hydrogens is 352 g/mol. The Morgan fingerprint density at radius 1 is 1.00 bits per heavy atom. The summed E-state index contributed by atoms with van der Waals surface area (Å²) in [5.74, 6) is -0.671. The molecule has 5 nitrogen and oxygen atoms in total. The molecule has 0 N–H and O–H groups in total. The summed E-state index contributed by atoms with van der Waals surface area (Å²) in [5.41, 5.74) is 2.57. The number of rotatable bonds is 4. The minimum Gasteiger partial charge on any atom is -0.444 e. The Labute approximate surface area is 163 Å². The number of carbonyl (C=O) groups excluding carboxylic acids is 2. The van der Waals surface area contributed by atoms with Gasteiger partial charge in [-0.2, -0.15) is 0 Å². The van der Waals surface area contributed by atoms with Crippen molar-refractivity contribution in [1.29, 1.82) is 0 Å². The van der Waals surface area contributed by atoms with Gasteiger partial charge in [-0.15, -0.1) is 0 Å². The van der Waals surface area contributed by atoms with Gasteiger partial charge in [0.15, 0.2) is 0 Å². The maximum Gasteiger partial charge on any atom is 0.340 e. The molecule has 2 heterocycles. The number of hydrogen-bond donors (Lipinski definition) is 0. The lowest BCUT2D eigenvalue weighted by Gasteiger charge is -2.23. The molecule has 0 bridgehead atoms. The van der Waals surface area contributed by atoms with Crippen LogP contribution in [0.4, 0.5) is 0 Å². The van der Waals surface area contributed by atoms with Crippen LogP contribution in [-0.2, 0) is 9.53 Å². The van der Waals surface area contributed by atoms with E-state index in [9.17, 15) is 9.59 Å². The van der Waals surface area contributed by atoms with Crippen LogP contribution in [0.1, 0.15) is 40.6 Å². The number of fused-ring (bicyclic) bond motifs is 1. The number of ether oxygens (including phenoxy) is 1. The first-order valence-electron chi connectivity index (χ1n) is 9.54. The first-order chi connectivity index (χ1) is 13.6. The van der Waals surface area contributed by atoms with Crippen molar-refractivity contribution in [2.45, 2.75) is 25.9 Å². The molecule has 28 heavy (non-hydrogen) atoms. The summed E-state index contributed by atoms with van der Waals surface area (Å²) in [7, 11) is 0. The fourth-order valence-corrected chi connectivity index (χ4v) is 3.64. The third-order valence-corrected chi connectivity index (χ3v) is 5.03. The first-order valence-corrected chi connectivity index (χ1v) is 9.54. The van der Waals surface area contributed by atoms with Crippen LogP contribution in [0, 0.1) is 6.92 Å². The number of aryl methyl sites for hydroxylation is 1. The van der Waals surface area contributed by atoms with Crippen molar-refractivity contribution in [2.24, 2.45) is 0 Å². The molecule has 4 rings (SSSR count). The van der Waals surface area contributed by atoms with E-state index in [0.29, 0.717) is 24.2 Å². The third-order valence-electron chi connectivity index (χ3n) is 5.03. The van der Waals surface area contributed by atoms with E-state index in [4.69, 9.17) is 4.74 Å². The molecule has 5 heteroatoms. The van der Waals surface area contributed by atoms with Gasteiger partial charge in [-0.1, -0.05) is 48.5 Å². The van der Waals surface area contributed by atoms with Crippen molar-refractivity contribution in [2.75, 3.05) is 13.1 Å². The van der Waals surface area contributed by atoms with Crippen LogP contribution in [-0.4, -0.2) is 34.8 Å². The number of benzene rings is 2. The molecule has 1 saturated heterocycles. The molecule has 1 aromatic heterocycles. The van der Waals surface area contributed by atoms with Crippen molar-refractivity contribution in [1.82, 2.24) is 9.88 Å². The van der Waals surface area contributed by atoms with Crippen LogP contribution in [0.5, 0.6) is 0 Å². The van der Waals surface area contributed by atoms with Gasteiger partial charge in [-0.05, 0) is 31.9 Å². The number of para-hydroxylation sites is 1. The van der Waals surface area contributed by atoms with E-state index in [-0.39, 0.29) is 5.91 Å². The maximum atomic E-state index is 13.1. The largest absolute Gasteiger partial charge is 0.444 e. The molecule has 1 atom stereocenters. The molecule has 1 aliphatic rings. The summed E-state index contributed by atoms with van der Waals surface area (Å²) >= 11 is 0. The van der Waals surface area contributed by atoms with Gasteiger partial charge in [-0.25, -0.2) is 4.79 Å². The molecule has 0 radical (unpaired) electrons. The van der Waals surface area contributed by atoms with Gasteiger partial charge in [0.2, 0.25) is 6.10 Å². The normalized spacial score (nSPS) is 14.8. The van der Waals surface area contributed by atoms with E-state index in [0.717, 1.165) is 29.4 Å². The number of nitrogens with zero attached hydrogens (tertiary/aromatic N) is 2. The topological polar surface area (TPSA) is 59.5 Å². The van der Waals surface area contributed by atoms with E-state index >= 15 is 0 Å². The zero-order valence-corrected chi connectivity index (χ0v) is 15.8. The number of hydrogen-bond acceptors (Lipinski definition) is 4. The number of carbonyl (C=O) groups is 2. The molecule has 0 saturated carbocycles. The van der Waals surface area contributed by atoms with Gasteiger partial charge in [0.25, 0.3) is 5.91 Å². The molecule has 0 aliphatic carbocycles. The maximum absolute atomic E-state index is 13.1. The average molecular weight is 374 g/mol. The fraction of sp³-hybridized carbons (Fsp3) is 0.261. The Bertz CT molecular complexity index is 1010. The van der Waals surface area contributed by atoms with Gasteiger partial charge < -0.3 is 9.64 Å². The highest BCUT2D eigenvalue weighted by Gasteiger charge is 2.31. The summed E-state index contributed by atoms with van der Waals surface area (Å²) in [6.07, 6.45) is 1.02. The molecule has 1 amide bonds. The Balaban J connectivity index is 1.69. The molecule has 142 valence electrons. The summed E-state index contributed by atoms with van der Waals surface area (Å²) in [4.78, 5) is 32.4. The molecule has 1 aliphatic heterocycles. The smallest absolute Gasteiger partial charge is 0.340 e. The molecule has 1 fully saturated rings. The monoisotopic (exact) mass is 374 g/mol. The van der Waals surface area contributed by atoms with Crippen molar-refractivity contribution in [3.05, 3.63) is 77.5 Å². The second kappa shape index (κ2) is 7.80. The second-order valence-electron chi connectivity index (χ2n) is 7.06. The molecule has 0 unspecified atom stereocenters. The molecule has 3 aromatic rings. The molecular formula is C23H22N2O3. The number of likely N-dealkylation sites (tertiary alicyclic amines) is 1. The van der Waals surface area contributed by atoms with Crippen LogP contribution in [0.3, 0.4) is 0 Å². The summed E-state index contributed by atoms with van der Waals surface area (Å²) in [6.45, 7) is 3.25. The van der Waals surface area contributed by atoms with Crippen LogP contribution in [0.2, 0.25) is 0 Å². The Hall–Kier alpha value is -3.21. The van der Waals surface area contributed by atoms with Crippen LogP contribution in [0.15, 0.2) is 60.7 Å². The summed E-state index contributed by atoms with van der Waals surface area (Å²) < 4.78 is 5.80. The van der Waals surface area contributed by atoms with E-state index < -0.39 is 12.1 Å². The van der Waals surface area contributed by atoms with Crippen LogP contribution in [0.25, 0.3) is 10.9 Å². The summed E-state index contributed by atoms with van der Waals surface area (Å²) in [5, 5.41) is 0.721. The van der Waals surface area contributed by atoms with E-state index in [1.54, 1.807) is 11.0 Å². The number of amides is 1. The van der Waals surface area contributed by atoms with Crippen molar-refractivity contribution < 1.29 is 14.3 Å². The summed E-state index contributed by atoms with van der Waals surface area (Å²) in [6, 6.07) is 18.4. The number of esters is 1. The third kappa shape index (κ3) is 3.60. The highest BCUT2D eigenvalue weighted by molar-refractivity contribution is 6.04. The minimum atomic E-state index is -0.945. The van der Waals surface area contributed by atoms with Gasteiger partial charge in [0.1, 0.15) is 0 Å². The predicted molar refractivity (Wildman–Crippen MR) is 107 cm³/mol. The van der Waals surface area contributed by atoms with Crippen molar-refractivity contribution in [3.8, 4) is 0 Å². The lowest BCUT2D eigenvalue weighted by Crippen LogP contribution is -2.34. The van der Waals surface area contributed by atoms with Gasteiger partial charge >= 0.3 is 5.97 Å². The zero-order chi connectivity index (χ0) is 19.5. The molecule has 0 spiro atoms. The quantitative estimate of drug-likeness (QED) is 0.646. The Morgan fingerprint density at radius 3 is 2.43 bits per heavy atom. The van der Waals surface area contributed by atoms with Crippen molar-refractivity contribution >= 4 is 22.8 Å². The predicted octanol–water partition coefficient (Wildman–Crippen LogP) is 4.06. The van der Waals surface area contributed by atoms with E-state index in [2.05, 4.69) is 4.98 Å². The first kappa shape index (κ1) is 18.2. The SMILES string of the molecule is Cc1cc(C(=O)O[C@H](C(=O)N2CCCC2)c2ccccc2)c2ccccc2n1. The number of pyridine rings is 1. The highest BCUT2D eigenvalue weighted by Crippen LogP contribution is 2.26. The Morgan fingerprint density at radius 2 is 1.68 bits per heavy atom. The number of aromatic nitrogens is 1. The zero-order valence-electron chi connectivity index (χ0n) is 15.8. The average Bonchev–Trinajstić information content (AvgIpc) is 3.26. The second-order valence-corrected chi connectivity index (χ2v) is 7.06. The van der Waals surface area contributed by atoms with Crippen molar-refractivity contribution in [3.63, 3.8) is 0 Å². The Kier molecular flexibility index (Phi) is 5.06. The fourth-order valence-electron chi connectivity index (χ4n) is 3.64. The highest BCUT2D eigenvalue weighted by atomic mass is 16.5. The van der Waals surface area contributed by atoms with Crippen LogP contribution >= 0.6 is 0 Å². The van der Waals surface area contributed by atoms with Gasteiger partial charge in [-0.3, -0.25) is 9.78 Å². The van der Waals surface area contributed by atoms with E-state index in [1.165, 1.54) is 0 Å². The lowest BCUT2D eigenvalue weighted by atomic mass is 10.1. The molecule has 2 aromatic carbocycles. The standard InChI is InChI=1S/C23H22N2O3/c1-16-15-19(18-11-5-6-12-20(18)24-16)23(27)28-21(17-9-3-2-4-10-17)22(26)25-13-7-8-14-25/h2-6,9-12,15,21H,7-8,13-14H2,1H3/t21-/m0/s1. The lowest BCUT2D eigenvalue weighted by molar-refractivity contribution is -0.140. The van der Waals surface area contributed by atoms with E-state index in [1.807, 2.05) is 61.5 Å². The van der Waals surface area contributed by atoms with Gasteiger partial charge in [0.05, 0.1) is 11.1 Å². The van der Waals surface area contributed by atoms with Crippen LogP contribution < -0.4 is 0 Å². The minimum absolute atomic E-state index is 0.160.